The Morgan fingerprint density at radius 3 is 0.966 bits per heavy atom. The van der Waals surface area contributed by atoms with Gasteiger partial charge in [0.15, 0.2) is 17.3 Å². The second kappa shape index (κ2) is 24.2. The monoisotopic (exact) mass is 811 g/mol. The van der Waals surface area contributed by atoms with Crippen LogP contribution in [0, 0.1) is 0 Å². The molecule has 0 saturated carbocycles. The van der Waals surface area contributed by atoms with Gasteiger partial charge < -0.3 is 30.9 Å². The third kappa shape index (κ3) is 17.9. The molecule has 59 heavy (non-hydrogen) atoms. The number of rotatable bonds is 10. The third-order valence-electron chi connectivity index (χ3n) is 7.68. The lowest BCUT2D eigenvalue weighted by Crippen LogP contribution is -1.94. The summed E-state index contributed by atoms with van der Waals surface area (Å²) in [5, 5.41) is 36.5. The average Bonchev–Trinajstić information content (AvgIpc) is 3.23. The number of nitrogens with two attached hydrogens (primary N) is 1. The van der Waals surface area contributed by atoms with E-state index in [4.69, 9.17) is 30.9 Å². The fourth-order valence-electron chi connectivity index (χ4n) is 4.59. The quantitative estimate of drug-likeness (QED) is 0.0508. The van der Waals surface area contributed by atoms with Crippen molar-refractivity contribution < 1.29 is 43.8 Å². The van der Waals surface area contributed by atoms with Gasteiger partial charge >= 0.3 is 0 Å². The molecule has 6 aromatic rings. The van der Waals surface area contributed by atoms with Crippen LogP contribution in [0.3, 0.4) is 0 Å². The number of ketones is 3. The van der Waals surface area contributed by atoms with Crippen molar-refractivity contribution in [3.63, 3.8) is 0 Å². The number of nitrogen functional groups attached to an aromatic ring is 1. The number of hydrogen-bond donors (Lipinski definition) is 5. The molecule has 11 heteroatoms. The van der Waals surface area contributed by atoms with Crippen LogP contribution in [0.25, 0.3) is 18.2 Å². The van der Waals surface area contributed by atoms with Crippen molar-refractivity contribution >= 4 is 52.1 Å². The number of carbonyl (C=O) groups is 3. The van der Waals surface area contributed by atoms with E-state index in [1.54, 1.807) is 171 Å². The average molecular weight is 812 g/mol. The maximum absolute atomic E-state index is 11.9. The van der Waals surface area contributed by atoms with Gasteiger partial charge in [0.05, 0.1) is 7.11 Å². The highest BCUT2D eigenvalue weighted by molar-refractivity contribution is 7.83. The highest BCUT2D eigenvalue weighted by atomic mass is 32.2. The second-order valence-corrected chi connectivity index (χ2v) is 14.0. The minimum atomic E-state index is -0.611. The number of benzene rings is 6. The summed E-state index contributed by atoms with van der Waals surface area (Å²) >= 11 is 0. The van der Waals surface area contributed by atoms with Gasteiger partial charge in [-0.3, -0.25) is 18.6 Å². The summed E-state index contributed by atoms with van der Waals surface area (Å²) in [6.45, 7) is 0. The first-order valence-corrected chi connectivity index (χ1v) is 19.8. The van der Waals surface area contributed by atoms with Crippen LogP contribution in [0.5, 0.6) is 28.7 Å². The molecule has 0 saturated heterocycles. The summed E-state index contributed by atoms with van der Waals surface area (Å²) in [6.07, 6.45) is 12.8. The number of aromatic hydroxyl groups is 4. The molecule has 6 aromatic carbocycles. The van der Waals surface area contributed by atoms with Crippen LogP contribution in [-0.2, 0) is 10.8 Å². The minimum Gasteiger partial charge on any atom is -0.508 e. The Morgan fingerprint density at radius 2 is 0.695 bits per heavy atom. The van der Waals surface area contributed by atoms with E-state index in [1.165, 1.54) is 30.4 Å². The standard InChI is InChI=1S/C16H14O3.C15H13NO2.C15H12O3.C2H6OS/c1-19-15-9-5-13(6-10-15)16(18)11-4-12-2-7-14(17)8-3-12;16-13-6-4-12(5-7-13)15(18)10-3-11-1-8-14(17)9-2-11;16-13-6-1-11(2-7-13)3-10-15(18)12-4-8-14(17)9-5-12;1-4(2)3/h2-11,17H,1H3;1-10,17H,16H2;1-10,16-17H;1-2H3/b11-4+;2*10-3+;. The summed E-state index contributed by atoms with van der Waals surface area (Å²) in [6, 6.07) is 39.7. The number of anilines is 1. The molecule has 0 aliphatic rings. The van der Waals surface area contributed by atoms with Gasteiger partial charge in [-0.05, 0) is 144 Å². The van der Waals surface area contributed by atoms with E-state index in [1.807, 2.05) is 0 Å². The molecule has 0 aliphatic carbocycles. The molecule has 0 aliphatic heterocycles. The second-order valence-electron chi connectivity index (χ2n) is 12.5. The zero-order chi connectivity index (χ0) is 43.2. The van der Waals surface area contributed by atoms with E-state index in [2.05, 4.69) is 0 Å². The molecule has 0 spiro atoms. The van der Waals surface area contributed by atoms with Gasteiger partial charge in [-0.25, -0.2) is 0 Å². The Balaban J connectivity index is 0.000000226. The van der Waals surface area contributed by atoms with Crippen molar-refractivity contribution in [1.82, 2.24) is 0 Å². The maximum atomic E-state index is 11.9. The first-order chi connectivity index (χ1) is 28.2. The lowest BCUT2D eigenvalue weighted by molar-refractivity contribution is 0.103. The molecule has 0 amide bonds. The van der Waals surface area contributed by atoms with Crippen molar-refractivity contribution in [1.29, 1.82) is 0 Å². The van der Waals surface area contributed by atoms with Crippen molar-refractivity contribution in [2.24, 2.45) is 0 Å². The molecule has 0 unspecified atom stereocenters. The van der Waals surface area contributed by atoms with Crippen LogP contribution in [0.1, 0.15) is 47.8 Å². The largest absolute Gasteiger partial charge is 0.508 e. The molecule has 0 atom stereocenters. The van der Waals surface area contributed by atoms with Gasteiger partial charge in [0.25, 0.3) is 0 Å². The van der Waals surface area contributed by atoms with Gasteiger partial charge in [0.1, 0.15) is 28.7 Å². The van der Waals surface area contributed by atoms with Crippen molar-refractivity contribution in [2.75, 3.05) is 25.4 Å². The Bertz CT molecular complexity index is 2240. The first kappa shape index (κ1) is 45.9. The molecular formula is C48H45NO9S. The predicted molar refractivity (Wildman–Crippen MR) is 236 cm³/mol. The summed E-state index contributed by atoms with van der Waals surface area (Å²) in [4.78, 5) is 35.5. The number of phenolic OH excluding ortho intramolecular Hbond substituents is 4. The van der Waals surface area contributed by atoms with Crippen LogP contribution in [0.15, 0.2) is 164 Å². The molecule has 6 N–H and O–H groups in total. The zero-order valence-electron chi connectivity index (χ0n) is 32.6. The van der Waals surface area contributed by atoms with E-state index in [0.717, 1.165) is 22.4 Å². The lowest BCUT2D eigenvalue weighted by atomic mass is 10.1. The number of carbonyl (C=O) groups excluding carboxylic acids is 3. The number of methoxy groups -OCH3 is 1. The topological polar surface area (TPSA) is 184 Å². The fraction of sp³-hybridized carbons (Fsp3) is 0.0625. The minimum absolute atomic E-state index is 0.0734. The lowest BCUT2D eigenvalue weighted by Gasteiger charge is -2.00. The molecule has 10 nitrogen and oxygen atoms in total. The van der Waals surface area contributed by atoms with Gasteiger partial charge in [0.2, 0.25) is 0 Å². The van der Waals surface area contributed by atoms with Crippen LogP contribution >= 0.6 is 0 Å². The van der Waals surface area contributed by atoms with Crippen LogP contribution in [0.2, 0.25) is 0 Å². The molecule has 0 aromatic heterocycles. The third-order valence-corrected chi connectivity index (χ3v) is 7.68. The summed E-state index contributed by atoms with van der Waals surface area (Å²) in [5.74, 6) is 1.17. The SMILES string of the molecule is COc1ccc(C(=O)/C=C/c2ccc(O)cc2)cc1.CS(C)=O.Nc1ccc(C(=O)/C=C/c2ccc(O)cc2)cc1.O=C(/C=C/c1ccc(O)cc1)c1ccc(O)cc1. The molecule has 302 valence electrons. The number of allylic oxidation sites excluding steroid dienone is 3. The number of phenols is 4. The highest BCUT2D eigenvalue weighted by Gasteiger charge is 2.03. The smallest absolute Gasteiger partial charge is 0.185 e. The highest BCUT2D eigenvalue weighted by Crippen LogP contribution is 2.16. The van der Waals surface area contributed by atoms with E-state index >= 15 is 0 Å². The molecule has 0 heterocycles. The predicted octanol–water partition coefficient (Wildman–Crippen LogP) is 9.16. The van der Waals surface area contributed by atoms with Gasteiger partial charge in [-0.15, -0.1) is 0 Å². The molecule has 0 fully saturated rings. The Hall–Kier alpha value is -7.50. The number of ether oxygens (including phenoxy) is 1. The van der Waals surface area contributed by atoms with Gasteiger partial charge in [-0.1, -0.05) is 54.6 Å². The molecule has 0 radical (unpaired) electrons. The maximum Gasteiger partial charge on any atom is 0.185 e. The number of hydrogen-bond acceptors (Lipinski definition) is 10. The molecule has 0 bridgehead atoms. The van der Waals surface area contributed by atoms with Crippen LogP contribution < -0.4 is 10.5 Å². The van der Waals surface area contributed by atoms with Gasteiger partial charge in [0, 0.05) is 45.7 Å². The first-order valence-electron chi connectivity index (χ1n) is 17.8. The fourth-order valence-corrected chi connectivity index (χ4v) is 4.59. The van der Waals surface area contributed by atoms with E-state index < -0.39 is 10.8 Å². The molecular weight excluding hydrogens is 767 g/mol. The van der Waals surface area contributed by atoms with Crippen LogP contribution in [-0.4, -0.2) is 61.6 Å². The zero-order valence-corrected chi connectivity index (χ0v) is 33.5. The Labute approximate surface area is 346 Å². The summed E-state index contributed by atoms with van der Waals surface area (Å²) in [7, 11) is 0.974. The normalized spacial score (nSPS) is 10.5. The summed E-state index contributed by atoms with van der Waals surface area (Å²) < 4.78 is 14.6. The summed E-state index contributed by atoms with van der Waals surface area (Å²) in [5.41, 5.74) is 10.5. The van der Waals surface area contributed by atoms with E-state index in [9.17, 15) is 18.6 Å². The Morgan fingerprint density at radius 1 is 0.458 bits per heavy atom. The van der Waals surface area contributed by atoms with Crippen LogP contribution in [0.4, 0.5) is 5.69 Å². The van der Waals surface area contributed by atoms with Crippen molar-refractivity contribution in [3.8, 4) is 28.7 Å². The van der Waals surface area contributed by atoms with Gasteiger partial charge in [-0.2, -0.15) is 0 Å². The Kier molecular flexibility index (Phi) is 18.8. The van der Waals surface area contributed by atoms with E-state index in [-0.39, 0.29) is 40.3 Å². The van der Waals surface area contributed by atoms with Crippen molar-refractivity contribution in [3.05, 3.63) is 197 Å². The molecule has 6 rings (SSSR count). The van der Waals surface area contributed by atoms with E-state index in [0.29, 0.717) is 22.4 Å². The van der Waals surface area contributed by atoms with Crippen molar-refractivity contribution in [2.45, 2.75) is 0 Å².